The molecule has 0 atom stereocenters. The fourth-order valence-electron chi connectivity index (χ4n) is 1.80. The highest BCUT2D eigenvalue weighted by Crippen LogP contribution is 2.50. The van der Waals surface area contributed by atoms with E-state index in [1.54, 1.807) is 14.2 Å². The monoisotopic (exact) mass is 198 g/mol. The first-order chi connectivity index (χ1) is 6.45. The maximum Gasteiger partial charge on any atom is 0.381 e. The van der Waals surface area contributed by atoms with Gasteiger partial charge in [0.2, 0.25) is 0 Å². The summed E-state index contributed by atoms with van der Waals surface area (Å²) >= 11 is 0. The summed E-state index contributed by atoms with van der Waals surface area (Å²) in [5, 5.41) is 8.40. The van der Waals surface area contributed by atoms with Gasteiger partial charge < -0.3 is 14.6 Å². The fraction of sp³-hybridized carbons (Fsp3) is 0.700. The number of carbonyl (C=O) groups is 1. The second-order valence-electron chi connectivity index (χ2n) is 3.79. The Morgan fingerprint density at radius 3 is 2.21 bits per heavy atom. The smallest absolute Gasteiger partial charge is 0.381 e. The minimum atomic E-state index is -1.10. The van der Waals surface area contributed by atoms with Crippen LogP contribution in [0.25, 0.3) is 0 Å². The van der Waals surface area contributed by atoms with E-state index in [0.29, 0.717) is 12.8 Å². The molecule has 1 aliphatic rings. The third-order valence-electron chi connectivity index (χ3n) is 2.53. The largest absolute Gasteiger partial charge is 0.472 e. The molecule has 0 aliphatic heterocycles. The fourth-order valence-corrected chi connectivity index (χ4v) is 1.80. The zero-order chi connectivity index (χ0) is 10.8. The molecule has 78 valence electrons. The van der Waals surface area contributed by atoms with E-state index >= 15 is 0 Å². The number of aliphatic carboxylic acids is 1. The van der Waals surface area contributed by atoms with Gasteiger partial charge in [-0.1, -0.05) is 5.92 Å². The van der Waals surface area contributed by atoms with Crippen LogP contribution >= 0.6 is 0 Å². The molecule has 4 heteroatoms. The summed E-state index contributed by atoms with van der Waals surface area (Å²) in [5.74, 6) is 3.17. The second-order valence-corrected chi connectivity index (χ2v) is 3.79. The van der Waals surface area contributed by atoms with Gasteiger partial charge in [-0.3, -0.25) is 0 Å². The third kappa shape index (κ3) is 2.06. The average Bonchev–Trinajstić information content (AvgIpc) is 2.10. The van der Waals surface area contributed by atoms with E-state index in [4.69, 9.17) is 14.6 Å². The van der Waals surface area contributed by atoms with Gasteiger partial charge in [0.25, 0.3) is 0 Å². The van der Waals surface area contributed by atoms with Crippen LogP contribution in [-0.2, 0) is 14.3 Å². The van der Waals surface area contributed by atoms with Crippen molar-refractivity contribution < 1.29 is 19.4 Å². The van der Waals surface area contributed by atoms with Gasteiger partial charge in [0, 0.05) is 38.4 Å². The van der Waals surface area contributed by atoms with Crippen molar-refractivity contribution in [2.75, 3.05) is 14.2 Å². The Morgan fingerprint density at radius 2 is 1.86 bits per heavy atom. The highest BCUT2D eigenvalue weighted by atomic mass is 16.7. The van der Waals surface area contributed by atoms with Gasteiger partial charge in [0.15, 0.2) is 5.79 Å². The van der Waals surface area contributed by atoms with Crippen LogP contribution in [0.5, 0.6) is 0 Å². The van der Waals surface area contributed by atoms with Crippen molar-refractivity contribution in [3.63, 3.8) is 0 Å². The van der Waals surface area contributed by atoms with Crippen LogP contribution in [-0.4, -0.2) is 31.1 Å². The molecule has 0 spiro atoms. The maximum absolute atomic E-state index is 10.3. The molecule has 1 N–H and O–H groups in total. The Kier molecular flexibility index (Phi) is 2.84. The molecule has 1 saturated carbocycles. The van der Waals surface area contributed by atoms with Crippen molar-refractivity contribution in [1.29, 1.82) is 0 Å². The molecule has 0 radical (unpaired) electrons. The van der Waals surface area contributed by atoms with E-state index in [-0.39, 0.29) is 5.41 Å². The van der Waals surface area contributed by atoms with Crippen LogP contribution in [0.2, 0.25) is 0 Å². The molecule has 1 aliphatic carbocycles. The Balaban J connectivity index is 2.61. The normalized spacial score (nSPS) is 21.6. The van der Waals surface area contributed by atoms with E-state index in [0.717, 1.165) is 0 Å². The lowest BCUT2D eigenvalue weighted by Crippen LogP contribution is -2.52. The van der Waals surface area contributed by atoms with E-state index in [9.17, 15) is 4.79 Å². The van der Waals surface area contributed by atoms with E-state index < -0.39 is 11.8 Å². The predicted octanol–water partition coefficient (Wildman–Crippen LogP) is 0.864. The second kappa shape index (κ2) is 3.60. The number of rotatable bonds is 2. The van der Waals surface area contributed by atoms with Crippen LogP contribution in [0.4, 0.5) is 0 Å². The van der Waals surface area contributed by atoms with Crippen molar-refractivity contribution in [2.24, 2.45) is 5.41 Å². The van der Waals surface area contributed by atoms with Crippen LogP contribution in [0.3, 0.4) is 0 Å². The minimum Gasteiger partial charge on any atom is -0.472 e. The number of ether oxygens (including phenoxy) is 2. The quantitative estimate of drug-likeness (QED) is 0.528. The highest BCUT2D eigenvalue weighted by Gasteiger charge is 2.52. The van der Waals surface area contributed by atoms with Crippen LogP contribution in [0.15, 0.2) is 0 Å². The molecule has 0 unspecified atom stereocenters. The van der Waals surface area contributed by atoms with E-state index in [1.165, 1.54) is 0 Å². The summed E-state index contributed by atoms with van der Waals surface area (Å²) in [6.07, 6.45) is 1.21. The maximum atomic E-state index is 10.3. The molecule has 1 fully saturated rings. The molecule has 0 saturated heterocycles. The Hall–Kier alpha value is -1.05. The zero-order valence-corrected chi connectivity index (χ0v) is 8.59. The van der Waals surface area contributed by atoms with Gasteiger partial charge in [-0.15, -0.1) is 0 Å². The first-order valence-corrected chi connectivity index (χ1v) is 4.32. The highest BCUT2D eigenvalue weighted by molar-refractivity contribution is 5.86. The van der Waals surface area contributed by atoms with E-state index in [1.807, 2.05) is 6.92 Å². The molecule has 14 heavy (non-hydrogen) atoms. The Morgan fingerprint density at radius 1 is 1.36 bits per heavy atom. The molecular formula is C10H14O4. The first-order valence-electron chi connectivity index (χ1n) is 4.32. The molecule has 4 nitrogen and oxygen atoms in total. The molecule has 0 aromatic heterocycles. The molecule has 0 aromatic carbocycles. The lowest BCUT2D eigenvalue weighted by Gasteiger charge is -2.49. The standard InChI is InChI=1S/C10H14O4/c1-9(5-4-8(11)12)6-10(7-9,13-2)14-3/h6-7H2,1-3H3,(H,11,12). The van der Waals surface area contributed by atoms with Crippen molar-refractivity contribution in [2.45, 2.75) is 25.6 Å². The van der Waals surface area contributed by atoms with Crippen molar-refractivity contribution in [3.05, 3.63) is 0 Å². The van der Waals surface area contributed by atoms with Gasteiger partial charge in [-0.25, -0.2) is 4.79 Å². The Labute approximate surface area is 83.2 Å². The lowest BCUT2D eigenvalue weighted by molar-refractivity contribution is -0.281. The first kappa shape index (κ1) is 11.0. The molecule has 0 aromatic rings. The number of hydrogen-bond donors (Lipinski definition) is 1. The predicted molar refractivity (Wildman–Crippen MR) is 49.5 cm³/mol. The summed E-state index contributed by atoms with van der Waals surface area (Å²) in [6, 6.07) is 0. The number of carboxylic acids is 1. The summed E-state index contributed by atoms with van der Waals surface area (Å²) in [6.45, 7) is 1.90. The zero-order valence-electron chi connectivity index (χ0n) is 8.59. The summed E-state index contributed by atoms with van der Waals surface area (Å²) < 4.78 is 10.4. The number of methoxy groups -OCH3 is 2. The molecular weight excluding hydrogens is 184 g/mol. The summed E-state index contributed by atoms with van der Waals surface area (Å²) in [5.41, 5.74) is -0.301. The number of hydrogen-bond acceptors (Lipinski definition) is 3. The average molecular weight is 198 g/mol. The van der Waals surface area contributed by atoms with Crippen LogP contribution in [0.1, 0.15) is 19.8 Å². The van der Waals surface area contributed by atoms with Gasteiger partial charge in [0.05, 0.1) is 0 Å². The van der Waals surface area contributed by atoms with Crippen LogP contribution in [0, 0.1) is 17.3 Å². The molecule has 0 amide bonds. The van der Waals surface area contributed by atoms with Crippen LogP contribution < -0.4 is 0 Å². The minimum absolute atomic E-state index is 0.301. The summed E-state index contributed by atoms with van der Waals surface area (Å²) in [4.78, 5) is 10.3. The summed E-state index contributed by atoms with van der Waals surface area (Å²) in [7, 11) is 3.15. The van der Waals surface area contributed by atoms with Crippen molar-refractivity contribution in [1.82, 2.24) is 0 Å². The van der Waals surface area contributed by atoms with Crippen molar-refractivity contribution >= 4 is 5.97 Å². The third-order valence-corrected chi connectivity index (χ3v) is 2.53. The van der Waals surface area contributed by atoms with Gasteiger partial charge in [-0.05, 0) is 6.92 Å². The molecule has 0 bridgehead atoms. The van der Waals surface area contributed by atoms with E-state index in [2.05, 4.69) is 11.8 Å². The topological polar surface area (TPSA) is 55.8 Å². The number of carboxylic acid groups (broad SMARTS) is 1. The van der Waals surface area contributed by atoms with Gasteiger partial charge in [-0.2, -0.15) is 0 Å². The molecule has 1 rings (SSSR count). The SMILES string of the molecule is COC1(OC)CC(C)(C#CC(=O)O)C1. The Bertz CT molecular complexity index is 285. The molecule has 0 heterocycles. The van der Waals surface area contributed by atoms with Gasteiger partial charge >= 0.3 is 5.97 Å². The lowest BCUT2D eigenvalue weighted by atomic mass is 9.66. The van der Waals surface area contributed by atoms with Gasteiger partial charge in [0.1, 0.15) is 0 Å². The van der Waals surface area contributed by atoms with Crippen molar-refractivity contribution in [3.8, 4) is 11.8 Å².